The Morgan fingerprint density at radius 1 is 1.08 bits per heavy atom. The third-order valence-electron chi connectivity index (χ3n) is 4.67. The molecule has 0 fully saturated rings. The zero-order valence-corrected chi connectivity index (χ0v) is 15.2. The number of fused-ring (bicyclic) bond motifs is 1. The molecule has 0 unspecified atom stereocenters. The van der Waals surface area contributed by atoms with E-state index in [-0.39, 0.29) is 24.3 Å². The van der Waals surface area contributed by atoms with Gasteiger partial charge in [-0.3, -0.25) is 9.59 Å². The summed E-state index contributed by atoms with van der Waals surface area (Å²) in [7, 11) is 1.60. The Balaban J connectivity index is 1.69. The number of nitrogens with one attached hydrogen (secondary N) is 2. The Morgan fingerprint density at radius 3 is 2.50 bits per heavy atom. The van der Waals surface area contributed by atoms with Crippen LogP contribution >= 0.6 is 0 Å². The van der Waals surface area contributed by atoms with Gasteiger partial charge >= 0.3 is 0 Å². The molecule has 0 aromatic heterocycles. The van der Waals surface area contributed by atoms with E-state index in [2.05, 4.69) is 22.8 Å². The highest BCUT2D eigenvalue weighted by Gasteiger charge is 2.18. The number of carbonyl (C=O) groups is 2. The van der Waals surface area contributed by atoms with Crippen molar-refractivity contribution in [1.82, 2.24) is 5.32 Å². The van der Waals surface area contributed by atoms with Crippen LogP contribution in [0.3, 0.4) is 0 Å². The molecule has 2 aromatic rings. The average molecular weight is 352 g/mol. The fourth-order valence-corrected chi connectivity index (χ4v) is 3.38. The molecule has 1 aliphatic carbocycles. The van der Waals surface area contributed by atoms with E-state index in [9.17, 15) is 9.59 Å². The van der Waals surface area contributed by atoms with Crippen LogP contribution in [0, 0.1) is 0 Å². The van der Waals surface area contributed by atoms with Crippen molar-refractivity contribution in [2.45, 2.75) is 38.6 Å². The maximum atomic E-state index is 12.5. The molecule has 0 saturated heterocycles. The second-order valence-corrected chi connectivity index (χ2v) is 6.62. The fraction of sp³-hybridized carbons (Fsp3) is 0.333. The number of benzene rings is 2. The number of hydrogen-bond donors (Lipinski definition) is 2. The van der Waals surface area contributed by atoms with Gasteiger partial charge in [0.15, 0.2) is 0 Å². The molecule has 0 spiro atoms. The van der Waals surface area contributed by atoms with Crippen LogP contribution in [-0.4, -0.2) is 18.9 Å². The minimum atomic E-state index is -0.382. The highest BCUT2D eigenvalue weighted by Crippen LogP contribution is 2.26. The number of amides is 2. The maximum absolute atomic E-state index is 12.5. The molecule has 0 aliphatic heterocycles. The molecule has 0 bridgehead atoms. The van der Waals surface area contributed by atoms with Gasteiger partial charge in [0.2, 0.25) is 11.8 Å². The standard InChI is InChI=1S/C21H24N2O3/c1-14(24)22-20(16-7-10-19(26-2)11-8-16)13-21(25)23-18-9-6-15-4-3-5-17(15)12-18/h6-12,20H,3-5,13H2,1-2H3,(H,22,24)(H,23,25)/t20-/m0/s1. The Kier molecular flexibility index (Phi) is 5.56. The first-order valence-electron chi connectivity index (χ1n) is 8.88. The second-order valence-electron chi connectivity index (χ2n) is 6.62. The van der Waals surface area contributed by atoms with E-state index in [1.807, 2.05) is 30.3 Å². The van der Waals surface area contributed by atoms with Gasteiger partial charge < -0.3 is 15.4 Å². The average Bonchev–Trinajstić information content (AvgIpc) is 3.08. The number of anilines is 1. The first kappa shape index (κ1) is 18.0. The molecule has 3 rings (SSSR count). The van der Waals surface area contributed by atoms with Crippen molar-refractivity contribution < 1.29 is 14.3 Å². The molecule has 2 amide bonds. The lowest BCUT2D eigenvalue weighted by atomic mass is 10.0. The summed E-state index contributed by atoms with van der Waals surface area (Å²) >= 11 is 0. The van der Waals surface area contributed by atoms with E-state index in [1.165, 1.54) is 24.5 Å². The normalized spacial score (nSPS) is 13.6. The lowest BCUT2D eigenvalue weighted by Gasteiger charge is -2.18. The van der Waals surface area contributed by atoms with Gasteiger partial charge in [0.1, 0.15) is 5.75 Å². The fourth-order valence-electron chi connectivity index (χ4n) is 3.38. The topological polar surface area (TPSA) is 67.4 Å². The zero-order chi connectivity index (χ0) is 18.5. The molecule has 0 heterocycles. The summed E-state index contributed by atoms with van der Waals surface area (Å²) in [6.07, 6.45) is 3.53. The Hall–Kier alpha value is -2.82. The second kappa shape index (κ2) is 8.04. The van der Waals surface area contributed by atoms with Crippen molar-refractivity contribution >= 4 is 17.5 Å². The van der Waals surface area contributed by atoms with Crippen LogP contribution in [0.5, 0.6) is 5.75 Å². The number of ether oxygens (including phenoxy) is 1. The van der Waals surface area contributed by atoms with E-state index in [1.54, 1.807) is 7.11 Å². The Bertz CT molecular complexity index is 799. The van der Waals surface area contributed by atoms with Crippen LogP contribution in [-0.2, 0) is 22.4 Å². The minimum absolute atomic E-state index is 0.127. The largest absolute Gasteiger partial charge is 0.497 e. The van der Waals surface area contributed by atoms with Crippen molar-refractivity contribution in [2.24, 2.45) is 0 Å². The summed E-state index contributed by atoms with van der Waals surface area (Å²) in [4.78, 5) is 24.1. The molecule has 0 saturated carbocycles. The van der Waals surface area contributed by atoms with E-state index in [4.69, 9.17) is 4.74 Å². The Morgan fingerprint density at radius 2 is 1.81 bits per heavy atom. The first-order valence-corrected chi connectivity index (χ1v) is 8.88. The molecule has 2 N–H and O–H groups in total. The van der Waals surface area contributed by atoms with Gasteiger partial charge in [0.05, 0.1) is 19.6 Å². The predicted molar refractivity (Wildman–Crippen MR) is 101 cm³/mol. The molecule has 26 heavy (non-hydrogen) atoms. The SMILES string of the molecule is COc1ccc([C@H](CC(=O)Nc2ccc3c(c2)CCC3)NC(C)=O)cc1. The van der Waals surface area contributed by atoms with Gasteiger partial charge in [-0.25, -0.2) is 0 Å². The van der Waals surface area contributed by atoms with Gasteiger partial charge in [-0.2, -0.15) is 0 Å². The monoisotopic (exact) mass is 352 g/mol. The van der Waals surface area contributed by atoms with Crippen molar-refractivity contribution in [1.29, 1.82) is 0 Å². The summed E-state index contributed by atoms with van der Waals surface area (Å²) in [6, 6.07) is 13.1. The Labute approximate surface area is 153 Å². The lowest BCUT2D eigenvalue weighted by molar-refractivity contribution is -0.120. The van der Waals surface area contributed by atoms with Crippen LogP contribution in [0.25, 0.3) is 0 Å². The van der Waals surface area contributed by atoms with Gasteiger partial charge in [-0.15, -0.1) is 0 Å². The van der Waals surface area contributed by atoms with Crippen LogP contribution in [0.2, 0.25) is 0 Å². The van der Waals surface area contributed by atoms with Crippen molar-refractivity contribution in [3.05, 3.63) is 59.2 Å². The molecule has 136 valence electrons. The van der Waals surface area contributed by atoms with E-state index in [0.717, 1.165) is 29.8 Å². The molecular formula is C21H24N2O3. The van der Waals surface area contributed by atoms with Gasteiger partial charge in [-0.05, 0) is 60.2 Å². The molecule has 5 heteroatoms. The predicted octanol–water partition coefficient (Wildman–Crippen LogP) is 3.39. The van der Waals surface area contributed by atoms with E-state index < -0.39 is 0 Å². The molecule has 2 aromatic carbocycles. The smallest absolute Gasteiger partial charge is 0.226 e. The minimum Gasteiger partial charge on any atom is -0.497 e. The lowest BCUT2D eigenvalue weighted by Crippen LogP contribution is -2.29. The summed E-state index contributed by atoms with van der Waals surface area (Å²) < 4.78 is 5.16. The van der Waals surface area contributed by atoms with Crippen LogP contribution < -0.4 is 15.4 Å². The molecule has 1 atom stereocenters. The highest BCUT2D eigenvalue weighted by molar-refractivity contribution is 5.91. The van der Waals surface area contributed by atoms with Crippen LogP contribution in [0.15, 0.2) is 42.5 Å². The number of hydrogen-bond acceptors (Lipinski definition) is 3. The van der Waals surface area contributed by atoms with E-state index >= 15 is 0 Å². The third-order valence-corrected chi connectivity index (χ3v) is 4.67. The third kappa shape index (κ3) is 4.42. The maximum Gasteiger partial charge on any atom is 0.226 e. The zero-order valence-electron chi connectivity index (χ0n) is 15.2. The quantitative estimate of drug-likeness (QED) is 0.837. The summed E-state index contributed by atoms with van der Waals surface area (Å²) in [5, 5.41) is 5.80. The summed E-state index contributed by atoms with van der Waals surface area (Å²) in [5.74, 6) is 0.437. The van der Waals surface area contributed by atoms with Gasteiger partial charge in [0.25, 0.3) is 0 Å². The number of methoxy groups -OCH3 is 1. The van der Waals surface area contributed by atoms with Gasteiger partial charge in [-0.1, -0.05) is 18.2 Å². The molecule has 0 radical (unpaired) electrons. The number of aryl methyl sites for hydroxylation is 2. The highest BCUT2D eigenvalue weighted by atomic mass is 16.5. The summed E-state index contributed by atoms with van der Waals surface area (Å²) in [6.45, 7) is 1.45. The van der Waals surface area contributed by atoms with Crippen molar-refractivity contribution in [3.8, 4) is 5.75 Å². The first-order chi connectivity index (χ1) is 12.5. The number of carbonyl (C=O) groups excluding carboxylic acids is 2. The molecule has 5 nitrogen and oxygen atoms in total. The van der Waals surface area contributed by atoms with Crippen molar-refractivity contribution in [2.75, 3.05) is 12.4 Å². The number of rotatable bonds is 6. The summed E-state index contributed by atoms with van der Waals surface area (Å²) in [5.41, 5.74) is 4.37. The van der Waals surface area contributed by atoms with Crippen LogP contribution in [0.4, 0.5) is 5.69 Å². The molecule has 1 aliphatic rings. The van der Waals surface area contributed by atoms with Gasteiger partial charge in [0, 0.05) is 12.6 Å². The molecular weight excluding hydrogens is 328 g/mol. The van der Waals surface area contributed by atoms with E-state index in [0.29, 0.717) is 0 Å². The van der Waals surface area contributed by atoms with Crippen LogP contribution in [0.1, 0.15) is 42.5 Å². The van der Waals surface area contributed by atoms with Crippen molar-refractivity contribution in [3.63, 3.8) is 0 Å².